The highest BCUT2D eigenvalue weighted by Crippen LogP contribution is 2.46. The Morgan fingerprint density at radius 3 is 2.38 bits per heavy atom. The third kappa shape index (κ3) is 6.27. The van der Waals surface area contributed by atoms with Gasteiger partial charge < -0.3 is 25.0 Å². The molecule has 8 heteroatoms. The van der Waals surface area contributed by atoms with Gasteiger partial charge in [0.2, 0.25) is 5.91 Å². The number of nitrogens with one attached hydrogen (secondary N) is 2. The van der Waals surface area contributed by atoms with Gasteiger partial charge in [0.1, 0.15) is 5.75 Å². The number of para-hydroxylation sites is 1. The predicted molar refractivity (Wildman–Crippen MR) is 140 cm³/mol. The van der Waals surface area contributed by atoms with E-state index in [9.17, 15) is 14.4 Å². The maximum absolute atomic E-state index is 13.6. The van der Waals surface area contributed by atoms with Gasteiger partial charge in [-0.1, -0.05) is 60.7 Å². The molecule has 3 aromatic carbocycles. The van der Waals surface area contributed by atoms with Gasteiger partial charge in [0.05, 0.1) is 39.3 Å². The molecule has 0 aliphatic carbocycles. The molecule has 2 unspecified atom stereocenters. The van der Waals surface area contributed by atoms with E-state index in [1.54, 1.807) is 31.4 Å². The van der Waals surface area contributed by atoms with Crippen molar-refractivity contribution in [1.82, 2.24) is 10.2 Å². The summed E-state index contributed by atoms with van der Waals surface area (Å²) in [6, 6.07) is 23.8. The number of esters is 1. The Balaban J connectivity index is 1.47. The van der Waals surface area contributed by atoms with E-state index >= 15 is 0 Å². The number of hydrogen-bond acceptors (Lipinski definition) is 5. The van der Waals surface area contributed by atoms with Crippen LogP contribution in [0.1, 0.15) is 41.6 Å². The molecule has 0 radical (unpaired) electrons. The quantitative estimate of drug-likeness (QED) is 0.439. The maximum atomic E-state index is 13.6. The minimum absolute atomic E-state index is 0.103. The molecule has 1 saturated heterocycles. The second-order valence-electron chi connectivity index (χ2n) is 8.82. The number of likely N-dealkylation sites (tertiary alicyclic amines) is 1. The number of carbonyl (C=O) groups is 3. The highest BCUT2D eigenvalue weighted by Gasteiger charge is 2.39. The second-order valence-corrected chi connectivity index (χ2v) is 8.82. The van der Waals surface area contributed by atoms with Crippen molar-refractivity contribution in [3.05, 3.63) is 95.6 Å². The van der Waals surface area contributed by atoms with E-state index in [0.29, 0.717) is 11.3 Å². The van der Waals surface area contributed by atoms with E-state index < -0.39 is 6.03 Å². The maximum Gasteiger partial charge on any atom is 0.319 e. The highest BCUT2D eigenvalue weighted by molar-refractivity contribution is 5.92. The number of rotatable bonds is 8. The number of benzene rings is 3. The fourth-order valence-corrected chi connectivity index (χ4v) is 4.83. The molecule has 3 amide bonds. The molecule has 2 N–H and O–H groups in total. The van der Waals surface area contributed by atoms with Crippen molar-refractivity contribution in [2.24, 2.45) is 0 Å². The van der Waals surface area contributed by atoms with Crippen LogP contribution in [0.15, 0.2) is 78.9 Å². The normalized spacial score (nSPS) is 16.6. The minimum Gasteiger partial charge on any atom is -0.496 e. The van der Waals surface area contributed by atoms with Gasteiger partial charge in [-0.05, 0) is 42.2 Å². The Hall–Kier alpha value is -4.33. The van der Waals surface area contributed by atoms with E-state index in [4.69, 9.17) is 9.47 Å². The van der Waals surface area contributed by atoms with E-state index in [-0.39, 0.29) is 36.9 Å². The summed E-state index contributed by atoms with van der Waals surface area (Å²) in [7, 11) is 2.96. The molecule has 192 valence electrons. The van der Waals surface area contributed by atoms with Crippen molar-refractivity contribution in [1.29, 1.82) is 0 Å². The second kappa shape index (κ2) is 12.1. The number of hydrogen-bond donors (Lipinski definition) is 2. The summed E-state index contributed by atoms with van der Waals surface area (Å²) in [5, 5.41) is 5.42. The smallest absolute Gasteiger partial charge is 0.319 e. The van der Waals surface area contributed by atoms with Gasteiger partial charge in [0.25, 0.3) is 0 Å². The highest BCUT2D eigenvalue weighted by atomic mass is 16.5. The summed E-state index contributed by atoms with van der Waals surface area (Å²) in [5.74, 6) is 0.184. The van der Waals surface area contributed by atoms with Crippen LogP contribution in [0.2, 0.25) is 0 Å². The molecule has 0 aromatic heterocycles. The molecule has 2 atom stereocenters. The zero-order valence-electron chi connectivity index (χ0n) is 21.0. The molecule has 8 nitrogen and oxygen atoms in total. The predicted octanol–water partition coefficient (Wildman–Crippen LogP) is 4.64. The van der Waals surface area contributed by atoms with E-state index in [1.807, 2.05) is 59.5 Å². The Morgan fingerprint density at radius 1 is 0.892 bits per heavy atom. The number of nitrogens with zero attached hydrogens (tertiary/aromatic N) is 1. The van der Waals surface area contributed by atoms with Crippen molar-refractivity contribution >= 4 is 23.6 Å². The Morgan fingerprint density at radius 2 is 1.62 bits per heavy atom. The molecule has 0 saturated carbocycles. The number of anilines is 1. The zero-order valence-corrected chi connectivity index (χ0v) is 21.0. The molecule has 3 aromatic rings. The molecule has 1 fully saturated rings. The van der Waals surface area contributed by atoms with Crippen LogP contribution in [0, 0.1) is 0 Å². The molecule has 0 bridgehead atoms. The first-order valence-electron chi connectivity index (χ1n) is 12.2. The summed E-state index contributed by atoms with van der Waals surface area (Å²) in [6.45, 7) is -0.164. The third-order valence-corrected chi connectivity index (χ3v) is 6.52. The van der Waals surface area contributed by atoms with Crippen LogP contribution in [0.25, 0.3) is 0 Å². The van der Waals surface area contributed by atoms with Gasteiger partial charge in [-0.15, -0.1) is 0 Å². The fourth-order valence-electron chi connectivity index (χ4n) is 4.83. The Kier molecular flexibility index (Phi) is 8.40. The fraction of sp³-hybridized carbons (Fsp3) is 0.276. The summed E-state index contributed by atoms with van der Waals surface area (Å²) in [4.78, 5) is 39.6. The molecule has 1 aliphatic rings. The first kappa shape index (κ1) is 25.8. The molecule has 4 rings (SSSR count). The summed E-state index contributed by atoms with van der Waals surface area (Å²) in [6.07, 6.45) is 1.69. The first-order chi connectivity index (χ1) is 18.0. The lowest BCUT2D eigenvalue weighted by Gasteiger charge is -2.32. The number of amides is 3. The van der Waals surface area contributed by atoms with Gasteiger partial charge in [-0.25, -0.2) is 4.79 Å². The first-order valence-corrected chi connectivity index (χ1v) is 12.2. The van der Waals surface area contributed by atoms with Crippen LogP contribution in [0.3, 0.4) is 0 Å². The van der Waals surface area contributed by atoms with Crippen LogP contribution in [-0.4, -0.2) is 43.6 Å². The summed E-state index contributed by atoms with van der Waals surface area (Å²) in [5.41, 5.74) is 3.23. The van der Waals surface area contributed by atoms with Gasteiger partial charge in [0.15, 0.2) is 0 Å². The minimum atomic E-state index is -0.507. The van der Waals surface area contributed by atoms with Crippen molar-refractivity contribution in [2.75, 3.05) is 26.1 Å². The van der Waals surface area contributed by atoms with Crippen LogP contribution in [0.4, 0.5) is 10.5 Å². The van der Waals surface area contributed by atoms with Gasteiger partial charge in [0, 0.05) is 11.3 Å². The average Bonchev–Trinajstić information content (AvgIpc) is 3.37. The van der Waals surface area contributed by atoms with Crippen LogP contribution in [0.5, 0.6) is 5.75 Å². The van der Waals surface area contributed by atoms with Crippen molar-refractivity contribution in [3.63, 3.8) is 0 Å². The van der Waals surface area contributed by atoms with Crippen molar-refractivity contribution < 1.29 is 23.9 Å². The molecule has 0 spiro atoms. The van der Waals surface area contributed by atoms with Crippen molar-refractivity contribution in [3.8, 4) is 5.75 Å². The third-order valence-electron chi connectivity index (χ3n) is 6.52. The van der Waals surface area contributed by atoms with E-state index in [2.05, 4.69) is 10.6 Å². The van der Waals surface area contributed by atoms with E-state index in [1.165, 1.54) is 7.11 Å². The number of ether oxygens (including phenoxy) is 2. The van der Waals surface area contributed by atoms with Gasteiger partial charge >= 0.3 is 12.0 Å². The lowest BCUT2D eigenvalue weighted by molar-refractivity contribution is -0.139. The Labute approximate surface area is 216 Å². The SMILES string of the molecule is COC(=O)Cc1cccc(NC(=O)NCC(=O)N2C(c3ccccc3)CCC2c2ccccc2OC)c1. The number of urea groups is 1. The largest absolute Gasteiger partial charge is 0.496 e. The van der Waals surface area contributed by atoms with Crippen molar-refractivity contribution in [2.45, 2.75) is 31.3 Å². The topological polar surface area (TPSA) is 97.0 Å². The molecular formula is C29H31N3O5. The number of carbonyl (C=O) groups excluding carboxylic acids is 3. The summed E-state index contributed by atoms with van der Waals surface area (Å²) >= 11 is 0. The van der Waals surface area contributed by atoms with Crippen LogP contribution >= 0.6 is 0 Å². The molecule has 1 heterocycles. The monoisotopic (exact) mass is 501 g/mol. The van der Waals surface area contributed by atoms with Gasteiger partial charge in [-0.3, -0.25) is 9.59 Å². The van der Waals surface area contributed by atoms with Crippen LogP contribution in [-0.2, 0) is 20.7 Å². The standard InChI is InChI=1S/C29H31N3O5/c1-36-26-14-7-6-13-23(26)25-16-15-24(21-10-4-3-5-11-21)32(25)27(33)19-30-29(35)31-22-12-8-9-20(17-22)18-28(34)37-2/h3-14,17,24-25H,15-16,18-19H2,1-2H3,(H2,30,31,35). The average molecular weight is 502 g/mol. The molecule has 1 aliphatic heterocycles. The van der Waals surface area contributed by atoms with Crippen LogP contribution < -0.4 is 15.4 Å². The van der Waals surface area contributed by atoms with Gasteiger partial charge in [-0.2, -0.15) is 0 Å². The number of methoxy groups -OCH3 is 2. The lowest BCUT2D eigenvalue weighted by Crippen LogP contribution is -2.42. The zero-order chi connectivity index (χ0) is 26.2. The van der Waals surface area contributed by atoms with E-state index in [0.717, 1.165) is 29.7 Å². The summed E-state index contributed by atoms with van der Waals surface area (Å²) < 4.78 is 10.3. The molecule has 37 heavy (non-hydrogen) atoms. The lowest BCUT2D eigenvalue weighted by atomic mass is 10.0. The molecular weight excluding hydrogens is 470 g/mol. The Bertz CT molecular complexity index is 1250.